The van der Waals surface area contributed by atoms with Crippen LogP contribution in [0, 0.1) is 0 Å². The van der Waals surface area contributed by atoms with Gasteiger partial charge < -0.3 is 20.4 Å². The molecule has 0 aromatic carbocycles. The topological polar surface area (TPSA) is 68.6 Å². The minimum atomic E-state index is -0.664. The third-order valence-electron chi connectivity index (χ3n) is 3.56. The Bertz CT molecular complexity index is 395. The van der Waals surface area contributed by atoms with Crippen LogP contribution in [0.25, 0.3) is 0 Å². The number of β-amino-alcohol motifs (C(OH)–C–C–N with tert-alkyl or cyclic N) is 2. The van der Waals surface area contributed by atoms with Crippen molar-refractivity contribution in [2.75, 3.05) is 18.0 Å². The van der Waals surface area contributed by atoms with Gasteiger partial charge in [-0.1, -0.05) is 6.07 Å². The van der Waals surface area contributed by atoms with Gasteiger partial charge in [-0.25, -0.2) is 4.98 Å². The number of hydrogen-bond donors (Lipinski definition) is 3. The minimum absolute atomic E-state index is 0.452. The molecule has 1 saturated carbocycles. The van der Waals surface area contributed by atoms with E-state index in [0.717, 1.165) is 12.4 Å². The van der Waals surface area contributed by atoms with E-state index in [1.807, 2.05) is 17.2 Å². The van der Waals surface area contributed by atoms with Crippen molar-refractivity contribution in [3.63, 3.8) is 0 Å². The monoisotopic (exact) mass is 249 g/mol. The molecule has 0 radical (unpaired) electrons. The maximum absolute atomic E-state index is 9.51. The highest BCUT2D eigenvalue weighted by atomic mass is 16.3. The highest BCUT2D eigenvalue weighted by Gasteiger charge is 2.30. The summed E-state index contributed by atoms with van der Waals surface area (Å²) in [6, 6.07) is 4.71. The van der Waals surface area contributed by atoms with Crippen molar-refractivity contribution in [3.05, 3.63) is 23.9 Å². The molecule has 2 unspecified atom stereocenters. The van der Waals surface area contributed by atoms with Gasteiger partial charge in [0.15, 0.2) is 0 Å². The van der Waals surface area contributed by atoms with Gasteiger partial charge in [-0.15, -0.1) is 0 Å². The summed E-state index contributed by atoms with van der Waals surface area (Å²) < 4.78 is 0. The van der Waals surface area contributed by atoms with Crippen LogP contribution in [0.5, 0.6) is 0 Å². The molecular formula is C13H19N3O2. The van der Waals surface area contributed by atoms with Gasteiger partial charge in [0.05, 0.1) is 12.2 Å². The molecular weight excluding hydrogens is 230 g/mol. The van der Waals surface area contributed by atoms with Crippen molar-refractivity contribution in [2.24, 2.45) is 0 Å². The molecule has 2 heterocycles. The number of pyridine rings is 1. The van der Waals surface area contributed by atoms with Gasteiger partial charge in [0, 0.05) is 31.9 Å². The molecule has 18 heavy (non-hydrogen) atoms. The van der Waals surface area contributed by atoms with E-state index in [1.54, 1.807) is 0 Å². The number of nitrogens with one attached hydrogen (secondary N) is 1. The summed E-state index contributed by atoms with van der Waals surface area (Å²) in [7, 11) is 0. The maximum atomic E-state index is 9.51. The van der Waals surface area contributed by atoms with Crippen LogP contribution in [0.4, 0.5) is 5.82 Å². The standard InChI is InChI=1S/C13H19N3O2/c17-11-7-16(8-12(11)18)13-4-1-9(6-15-13)5-14-10-2-3-10/h1,4,6,10-12,14,17-18H,2-3,5,7-8H2. The number of aromatic nitrogens is 1. The Hall–Kier alpha value is -1.17. The first-order valence-corrected chi connectivity index (χ1v) is 6.52. The quantitative estimate of drug-likeness (QED) is 0.694. The predicted octanol–water partition coefficient (Wildman–Crippen LogP) is -0.125. The molecule has 1 aliphatic carbocycles. The Balaban J connectivity index is 1.59. The molecule has 2 fully saturated rings. The molecule has 0 bridgehead atoms. The SMILES string of the molecule is OC1CN(c2ccc(CNC3CC3)cn2)CC1O. The fourth-order valence-corrected chi connectivity index (χ4v) is 2.21. The number of aliphatic hydroxyl groups is 2. The summed E-state index contributed by atoms with van der Waals surface area (Å²) in [5.41, 5.74) is 1.17. The Labute approximate surface area is 106 Å². The first-order valence-electron chi connectivity index (χ1n) is 6.52. The maximum Gasteiger partial charge on any atom is 0.128 e. The Morgan fingerprint density at radius 2 is 1.94 bits per heavy atom. The minimum Gasteiger partial charge on any atom is -0.389 e. The normalized spacial score (nSPS) is 27.8. The van der Waals surface area contributed by atoms with E-state index in [1.165, 1.54) is 18.4 Å². The zero-order valence-corrected chi connectivity index (χ0v) is 10.3. The number of aliphatic hydroxyl groups excluding tert-OH is 2. The van der Waals surface area contributed by atoms with E-state index < -0.39 is 12.2 Å². The molecule has 0 amide bonds. The van der Waals surface area contributed by atoms with Crippen LogP contribution >= 0.6 is 0 Å². The van der Waals surface area contributed by atoms with Crippen LogP contribution in [0.3, 0.4) is 0 Å². The highest BCUT2D eigenvalue weighted by Crippen LogP contribution is 2.20. The summed E-state index contributed by atoms with van der Waals surface area (Å²) in [6.07, 6.45) is 3.11. The second kappa shape index (κ2) is 4.84. The van der Waals surface area contributed by atoms with Gasteiger partial charge in [0.2, 0.25) is 0 Å². The summed E-state index contributed by atoms with van der Waals surface area (Å²) in [6.45, 7) is 1.77. The van der Waals surface area contributed by atoms with Crippen molar-refractivity contribution in [1.29, 1.82) is 0 Å². The van der Waals surface area contributed by atoms with Crippen LogP contribution in [0.2, 0.25) is 0 Å². The Kier molecular flexibility index (Phi) is 3.20. The largest absolute Gasteiger partial charge is 0.389 e. The third-order valence-corrected chi connectivity index (χ3v) is 3.56. The first-order chi connectivity index (χ1) is 8.72. The van der Waals surface area contributed by atoms with E-state index in [0.29, 0.717) is 19.1 Å². The second-order valence-corrected chi connectivity index (χ2v) is 5.22. The molecule has 1 aliphatic heterocycles. The van der Waals surface area contributed by atoms with Crippen LogP contribution in [0.1, 0.15) is 18.4 Å². The van der Waals surface area contributed by atoms with Crippen molar-refractivity contribution in [1.82, 2.24) is 10.3 Å². The molecule has 5 heteroatoms. The molecule has 3 N–H and O–H groups in total. The molecule has 3 rings (SSSR count). The van der Waals surface area contributed by atoms with Crippen molar-refractivity contribution in [3.8, 4) is 0 Å². The number of nitrogens with zero attached hydrogens (tertiary/aromatic N) is 2. The van der Waals surface area contributed by atoms with Gasteiger partial charge in [0.25, 0.3) is 0 Å². The van der Waals surface area contributed by atoms with Crippen molar-refractivity contribution >= 4 is 5.82 Å². The van der Waals surface area contributed by atoms with Gasteiger partial charge in [-0.3, -0.25) is 0 Å². The fourth-order valence-electron chi connectivity index (χ4n) is 2.21. The summed E-state index contributed by atoms with van der Waals surface area (Å²) in [5, 5.41) is 22.5. The zero-order chi connectivity index (χ0) is 12.5. The van der Waals surface area contributed by atoms with E-state index in [2.05, 4.69) is 16.4 Å². The van der Waals surface area contributed by atoms with Gasteiger partial charge in [-0.2, -0.15) is 0 Å². The Morgan fingerprint density at radius 3 is 2.50 bits per heavy atom. The first kappa shape index (κ1) is 11.9. The molecule has 1 aromatic heterocycles. The van der Waals surface area contributed by atoms with Crippen LogP contribution in [-0.2, 0) is 6.54 Å². The van der Waals surface area contributed by atoms with Gasteiger partial charge in [-0.05, 0) is 24.5 Å². The van der Waals surface area contributed by atoms with Crippen molar-refractivity contribution < 1.29 is 10.2 Å². The molecule has 1 saturated heterocycles. The van der Waals surface area contributed by atoms with Crippen molar-refractivity contribution in [2.45, 2.75) is 37.6 Å². The highest BCUT2D eigenvalue weighted by molar-refractivity contribution is 5.41. The molecule has 98 valence electrons. The summed E-state index contributed by atoms with van der Waals surface area (Å²) in [4.78, 5) is 6.30. The van der Waals surface area contributed by atoms with Crippen LogP contribution < -0.4 is 10.2 Å². The fraction of sp³-hybridized carbons (Fsp3) is 0.615. The Morgan fingerprint density at radius 1 is 1.22 bits per heavy atom. The lowest BCUT2D eigenvalue weighted by atomic mass is 10.2. The van der Waals surface area contributed by atoms with E-state index >= 15 is 0 Å². The molecule has 1 aromatic rings. The third kappa shape index (κ3) is 2.63. The zero-order valence-electron chi connectivity index (χ0n) is 10.3. The summed E-state index contributed by atoms with van der Waals surface area (Å²) >= 11 is 0. The molecule has 2 aliphatic rings. The van der Waals surface area contributed by atoms with Crippen LogP contribution in [0.15, 0.2) is 18.3 Å². The van der Waals surface area contributed by atoms with E-state index in [4.69, 9.17) is 0 Å². The van der Waals surface area contributed by atoms with E-state index in [9.17, 15) is 10.2 Å². The van der Waals surface area contributed by atoms with Crippen LogP contribution in [-0.4, -0.2) is 46.5 Å². The summed E-state index contributed by atoms with van der Waals surface area (Å²) in [5.74, 6) is 0.820. The molecule has 2 atom stereocenters. The molecule has 5 nitrogen and oxygen atoms in total. The predicted molar refractivity (Wildman–Crippen MR) is 68.3 cm³/mol. The second-order valence-electron chi connectivity index (χ2n) is 5.22. The lowest BCUT2D eigenvalue weighted by Crippen LogP contribution is -2.22. The lowest BCUT2D eigenvalue weighted by Gasteiger charge is -2.16. The number of anilines is 1. The van der Waals surface area contributed by atoms with Gasteiger partial charge >= 0.3 is 0 Å². The lowest BCUT2D eigenvalue weighted by molar-refractivity contribution is 0.0572. The van der Waals surface area contributed by atoms with Gasteiger partial charge in [0.1, 0.15) is 5.82 Å². The average molecular weight is 249 g/mol. The number of rotatable bonds is 4. The van der Waals surface area contributed by atoms with E-state index in [-0.39, 0.29) is 0 Å². The smallest absolute Gasteiger partial charge is 0.128 e. The molecule has 0 spiro atoms. The number of hydrogen-bond acceptors (Lipinski definition) is 5. The average Bonchev–Trinajstić information content (AvgIpc) is 3.14.